The van der Waals surface area contributed by atoms with Crippen LogP contribution in [0.2, 0.25) is 0 Å². The fourth-order valence-electron chi connectivity index (χ4n) is 5.33. The molecule has 0 aliphatic heterocycles. The SMILES string of the molecule is Cc1cc(NC(=O)c2c(C)c(C(=O)C(=O)N[C@]3(C4CC4)CC[C@H](O)CC3)n(C)c2C)ccc1F. The van der Waals surface area contributed by atoms with E-state index in [4.69, 9.17) is 0 Å². The molecule has 2 saturated carbocycles. The zero-order valence-electron chi connectivity index (χ0n) is 20.1. The minimum absolute atomic E-state index is 0.178. The lowest BCUT2D eigenvalue weighted by atomic mass is 9.76. The van der Waals surface area contributed by atoms with Crippen LogP contribution in [-0.2, 0) is 11.8 Å². The molecule has 3 N–H and O–H groups in total. The van der Waals surface area contributed by atoms with Gasteiger partial charge in [0.15, 0.2) is 0 Å². The molecule has 1 heterocycles. The number of aliphatic hydroxyl groups excluding tert-OH is 1. The van der Waals surface area contributed by atoms with E-state index in [0.29, 0.717) is 59.7 Å². The first-order chi connectivity index (χ1) is 16.0. The predicted octanol–water partition coefficient (Wildman–Crippen LogP) is 3.72. The van der Waals surface area contributed by atoms with Crippen LogP contribution in [0.1, 0.15) is 76.2 Å². The van der Waals surface area contributed by atoms with Crippen LogP contribution in [0.25, 0.3) is 0 Å². The molecule has 7 nitrogen and oxygen atoms in total. The highest BCUT2D eigenvalue weighted by Gasteiger charge is 2.48. The molecule has 182 valence electrons. The fraction of sp³-hybridized carbons (Fsp3) is 0.500. The van der Waals surface area contributed by atoms with Gasteiger partial charge < -0.3 is 20.3 Å². The summed E-state index contributed by atoms with van der Waals surface area (Å²) in [5.74, 6) is -1.79. The van der Waals surface area contributed by atoms with E-state index in [2.05, 4.69) is 10.6 Å². The van der Waals surface area contributed by atoms with Gasteiger partial charge in [0.25, 0.3) is 17.6 Å². The number of halogens is 1. The summed E-state index contributed by atoms with van der Waals surface area (Å²) in [6.45, 7) is 4.99. The van der Waals surface area contributed by atoms with Crippen LogP contribution in [-0.4, -0.2) is 38.9 Å². The number of Topliss-reactive ketones (excluding diaryl/α,β-unsaturated/α-hetero) is 1. The molecule has 4 rings (SSSR count). The minimum atomic E-state index is -0.675. The number of aliphatic hydroxyl groups is 1. The maximum Gasteiger partial charge on any atom is 0.294 e. The van der Waals surface area contributed by atoms with Crippen molar-refractivity contribution in [3.63, 3.8) is 0 Å². The number of nitrogens with one attached hydrogen (secondary N) is 2. The Labute approximate surface area is 198 Å². The summed E-state index contributed by atoms with van der Waals surface area (Å²) >= 11 is 0. The fourth-order valence-corrected chi connectivity index (χ4v) is 5.33. The van der Waals surface area contributed by atoms with Gasteiger partial charge in [0.1, 0.15) is 5.82 Å². The molecule has 34 heavy (non-hydrogen) atoms. The Kier molecular flexibility index (Phi) is 6.38. The summed E-state index contributed by atoms with van der Waals surface area (Å²) in [4.78, 5) is 39.4. The van der Waals surface area contributed by atoms with Gasteiger partial charge in [0.05, 0.1) is 17.4 Å². The number of benzene rings is 1. The summed E-state index contributed by atoms with van der Waals surface area (Å²) in [7, 11) is 1.66. The van der Waals surface area contributed by atoms with Crippen LogP contribution in [0.5, 0.6) is 0 Å². The van der Waals surface area contributed by atoms with Gasteiger partial charge in [-0.15, -0.1) is 0 Å². The topological polar surface area (TPSA) is 100 Å². The van der Waals surface area contributed by atoms with Gasteiger partial charge in [-0.2, -0.15) is 0 Å². The van der Waals surface area contributed by atoms with Crippen LogP contribution in [0, 0.1) is 32.5 Å². The lowest BCUT2D eigenvalue weighted by Gasteiger charge is -2.40. The zero-order valence-corrected chi connectivity index (χ0v) is 20.1. The van der Waals surface area contributed by atoms with E-state index in [1.54, 1.807) is 38.5 Å². The van der Waals surface area contributed by atoms with Crippen molar-refractivity contribution in [2.45, 2.75) is 70.9 Å². The number of amides is 2. The Hall–Kier alpha value is -3.00. The van der Waals surface area contributed by atoms with Crippen molar-refractivity contribution < 1.29 is 23.9 Å². The molecule has 2 fully saturated rings. The predicted molar refractivity (Wildman–Crippen MR) is 126 cm³/mol. The summed E-state index contributed by atoms with van der Waals surface area (Å²) in [6.07, 6.45) is 4.21. The lowest BCUT2D eigenvalue weighted by molar-refractivity contribution is -0.120. The molecule has 0 atom stereocenters. The van der Waals surface area contributed by atoms with Gasteiger partial charge in [0, 0.05) is 24.0 Å². The Balaban J connectivity index is 1.56. The third-order valence-electron chi connectivity index (χ3n) is 7.56. The number of aromatic nitrogens is 1. The second-order valence-corrected chi connectivity index (χ2v) is 9.86. The summed E-state index contributed by atoms with van der Waals surface area (Å²) in [6, 6.07) is 4.31. The molecule has 8 heteroatoms. The summed E-state index contributed by atoms with van der Waals surface area (Å²) in [5.41, 5.74) is 1.89. The molecule has 0 radical (unpaired) electrons. The summed E-state index contributed by atoms with van der Waals surface area (Å²) < 4.78 is 15.2. The van der Waals surface area contributed by atoms with Crippen LogP contribution in [0.3, 0.4) is 0 Å². The molecular formula is C26H32FN3O4. The van der Waals surface area contributed by atoms with Gasteiger partial charge in [0.2, 0.25) is 0 Å². The van der Waals surface area contributed by atoms with E-state index in [1.807, 2.05) is 0 Å². The second-order valence-electron chi connectivity index (χ2n) is 9.86. The monoisotopic (exact) mass is 469 g/mol. The Morgan fingerprint density at radius 2 is 1.74 bits per heavy atom. The van der Waals surface area contributed by atoms with E-state index >= 15 is 0 Å². The molecule has 1 aromatic heterocycles. The van der Waals surface area contributed by atoms with Crippen molar-refractivity contribution in [1.29, 1.82) is 0 Å². The molecule has 0 bridgehead atoms. The number of anilines is 1. The third kappa shape index (κ3) is 4.39. The van der Waals surface area contributed by atoms with Gasteiger partial charge >= 0.3 is 0 Å². The molecule has 2 aromatic rings. The average molecular weight is 470 g/mol. The highest BCUT2D eigenvalue weighted by molar-refractivity contribution is 6.43. The van der Waals surface area contributed by atoms with Crippen molar-refractivity contribution >= 4 is 23.3 Å². The van der Waals surface area contributed by atoms with E-state index < -0.39 is 23.1 Å². The van der Waals surface area contributed by atoms with Gasteiger partial charge in [-0.25, -0.2) is 4.39 Å². The standard InChI is InChI=1S/C26H32FN3O4/c1-14-13-18(7-8-20(14)27)28-24(33)21-15(2)22(30(4)16(21)3)23(32)25(34)29-26(17-5-6-17)11-9-19(31)10-12-26/h7-8,13,17,19,31H,5-6,9-12H2,1-4H3,(H,28,33)(H,29,34)/t19-,26+. The lowest BCUT2D eigenvalue weighted by Crippen LogP contribution is -2.55. The van der Waals surface area contributed by atoms with Crippen molar-refractivity contribution in [2.75, 3.05) is 5.32 Å². The van der Waals surface area contributed by atoms with Gasteiger partial charge in [-0.3, -0.25) is 14.4 Å². The van der Waals surface area contributed by atoms with Crippen molar-refractivity contribution in [3.8, 4) is 0 Å². The molecule has 0 saturated heterocycles. The normalized spacial score (nSPS) is 22.4. The van der Waals surface area contributed by atoms with Crippen molar-refractivity contribution in [2.24, 2.45) is 13.0 Å². The van der Waals surface area contributed by atoms with Crippen LogP contribution < -0.4 is 10.6 Å². The third-order valence-corrected chi connectivity index (χ3v) is 7.56. The number of ketones is 1. The maximum atomic E-state index is 13.6. The number of carbonyl (C=O) groups is 3. The molecule has 2 aliphatic rings. The minimum Gasteiger partial charge on any atom is -0.393 e. The second kappa shape index (κ2) is 8.98. The van der Waals surface area contributed by atoms with Crippen LogP contribution in [0.15, 0.2) is 18.2 Å². The first kappa shape index (κ1) is 24.1. The molecule has 0 spiro atoms. The number of nitrogens with zero attached hydrogens (tertiary/aromatic N) is 1. The molecule has 1 aromatic carbocycles. The highest BCUT2D eigenvalue weighted by atomic mass is 19.1. The Morgan fingerprint density at radius 3 is 2.32 bits per heavy atom. The zero-order chi connectivity index (χ0) is 24.8. The van der Waals surface area contributed by atoms with Crippen molar-refractivity contribution in [1.82, 2.24) is 9.88 Å². The first-order valence-corrected chi connectivity index (χ1v) is 11.8. The smallest absolute Gasteiger partial charge is 0.294 e. The quantitative estimate of drug-likeness (QED) is 0.443. The Bertz CT molecular complexity index is 1160. The maximum absolute atomic E-state index is 13.6. The molecular weight excluding hydrogens is 437 g/mol. The van der Waals surface area contributed by atoms with Crippen LogP contribution in [0.4, 0.5) is 10.1 Å². The molecule has 0 unspecified atom stereocenters. The number of hydrogen-bond donors (Lipinski definition) is 3. The van der Waals surface area contributed by atoms with E-state index in [9.17, 15) is 23.9 Å². The van der Waals surface area contributed by atoms with E-state index in [0.717, 1.165) is 12.8 Å². The Morgan fingerprint density at radius 1 is 1.09 bits per heavy atom. The molecule has 2 aliphatic carbocycles. The van der Waals surface area contributed by atoms with Gasteiger partial charge in [-0.05, 0) is 94.5 Å². The highest BCUT2D eigenvalue weighted by Crippen LogP contribution is 2.47. The number of carbonyl (C=O) groups excluding carboxylic acids is 3. The van der Waals surface area contributed by atoms with Crippen LogP contribution >= 0.6 is 0 Å². The van der Waals surface area contributed by atoms with E-state index in [-0.39, 0.29) is 17.6 Å². The van der Waals surface area contributed by atoms with Gasteiger partial charge in [-0.1, -0.05) is 0 Å². The number of rotatable bonds is 6. The summed E-state index contributed by atoms with van der Waals surface area (Å²) in [5, 5.41) is 15.7. The largest absolute Gasteiger partial charge is 0.393 e. The molecule has 2 amide bonds. The number of aryl methyl sites for hydroxylation is 1. The average Bonchev–Trinajstić information content (AvgIpc) is 3.61. The van der Waals surface area contributed by atoms with Crippen molar-refractivity contribution in [3.05, 3.63) is 52.1 Å². The number of hydrogen-bond acceptors (Lipinski definition) is 4. The van der Waals surface area contributed by atoms with E-state index in [1.165, 1.54) is 12.1 Å². The first-order valence-electron chi connectivity index (χ1n) is 11.8.